The number of hydrogen-bond donors (Lipinski definition) is 0. The predicted octanol–water partition coefficient (Wildman–Crippen LogP) is 3.23. The second-order valence-electron chi connectivity index (χ2n) is 3.73. The molecule has 0 amide bonds. The van der Waals surface area contributed by atoms with Gasteiger partial charge in [-0.2, -0.15) is 0 Å². The van der Waals surface area contributed by atoms with Crippen LogP contribution in [0.3, 0.4) is 0 Å². The summed E-state index contributed by atoms with van der Waals surface area (Å²) in [6.07, 6.45) is 0. The number of rotatable bonds is 2. The molecule has 0 aliphatic carbocycles. The highest BCUT2D eigenvalue weighted by Gasteiger charge is 2.18. The third-order valence-electron chi connectivity index (χ3n) is 2.62. The van der Waals surface area contributed by atoms with Crippen molar-refractivity contribution in [2.75, 3.05) is 6.61 Å². The maximum Gasteiger partial charge on any atom is 0.374 e. The van der Waals surface area contributed by atoms with Crippen molar-refractivity contribution in [3.05, 3.63) is 35.1 Å². The van der Waals surface area contributed by atoms with Gasteiger partial charge < -0.3 is 9.15 Å². The molecular formula is C13H14O3. The monoisotopic (exact) mass is 218 g/mol. The van der Waals surface area contributed by atoms with Crippen LogP contribution in [0.2, 0.25) is 0 Å². The van der Waals surface area contributed by atoms with Gasteiger partial charge in [-0.3, -0.25) is 0 Å². The zero-order valence-corrected chi connectivity index (χ0v) is 9.66. The van der Waals surface area contributed by atoms with E-state index in [9.17, 15) is 4.79 Å². The Morgan fingerprint density at radius 1 is 1.38 bits per heavy atom. The summed E-state index contributed by atoms with van der Waals surface area (Å²) in [5.41, 5.74) is 2.64. The van der Waals surface area contributed by atoms with Gasteiger partial charge in [-0.1, -0.05) is 18.2 Å². The third-order valence-corrected chi connectivity index (χ3v) is 2.62. The molecule has 0 saturated heterocycles. The molecule has 1 aromatic carbocycles. The molecule has 0 aliphatic heterocycles. The number of carbonyl (C=O) groups is 1. The fourth-order valence-electron chi connectivity index (χ4n) is 1.78. The molecule has 0 bridgehead atoms. The Morgan fingerprint density at radius 2 is 2.12 bits per heavy atom. The Balaban J connectivity index is 2.60. The van der Waals surface area contributed by atoms with Crippen LogP contribution in [0.4, 0.5) is 0 Å². The Kier molecular flexibility index (Phi) is 2.69. The van der Waals surface area contributed by atoms with Gasteiger partial charge in [0.25, 0.3) is 0 Å². The van der Waals surface area contributed by atoms with E-state index in [1.54, 1.807) is 6.92 Å². The lowest BCUT2D eigenvalue weighted by atomic mass is 10.1. The van der Waals surface area contributed by atoms with Gasteiger partial charge >= 0.3 is 5.97 Å². The summed E-state index contributed by atoms with van der Waals surface area (Å²) in [6.45, 7) is 5.97. The molecule has 84 valence electrons. The van der Waals surface area contributed by atoms with Gasteiger partial charge in [0.1, 0.15) is 5.58 Å². The molecule has 2 aromatic rings. The number of para-hydroxylation sites is 1. The van der Waals surface area contributed by atoms with Crippen LogP contribution in [-0.4, -0.2) is 12.6 Å². The smallest absolute Gasteiger partial charge is 0.374 e. The van der Waals surface area contributed by atoms with Crippen LogP contribution in [0.5, 0.6) is 0 Å². The van der Waals surface area contributed by atoms with E-state index in [4.69, 9.17) is 9.15 Å². The van der Waals surface area contributed by atoms with Crippen molar-refractivity contribution in [2.45, 2.75) is 20.8 Å². The van der Waals surface area contributed by atoms with Crippen LogP contribution in [0.1, 0.15) is 28.6 Å². The topological polar surface area (TPSA) is 39.4 Å². The van der Waals surface area contributed by atoms with E-state index in [2.05, 4.69) is 0 Å². The lowest BCUT2D eigenvalue weighted by Gasteiger charge is -1.97. The number of aryl methyl sites for hydroxylation is 2. The number of hydrogen-bond acceptors (Lipinski definition) is 3. The third kappa shape index (κ3) is 1.58. The van der Waals surface area contributed by atoms with Crippen LogP contribution < -0.4 is 0 Å². The summed E-state index contributed by atoms with van der Waals surface area (Å²) >= 11 is 0. The predicted molar refractivity (Wildman–Crippen MR) is 61.6 cm³/mol. The van der Waals surface area contributed by atoms with Crippen molar-refractivity contribution in [2.24, 2.45) is 0 Å². The highest BCUT2D eigenvalue weighted by molar-refractivity contribution is 5.96. The molecule has 0 radical (unpaired) electrons. The van der Waals surface area contributed by atoms with Crippen molar-refractivity contribution in [1.29, 1.82) is 0 Å². The number of furan rings is 1. The largest absolute Gasteiger partial charge is 0.460 e. The average molecular weight is 218 g/mol. The summed E-state index contributed by atoms with van der Waals surface area (Å²) in [7, 11) is 0. The van der Waals surface area contributed by atoms with E-state index in [0.29, 0.717) is 12.4 Å². The molecule has 0 fully saturated rings. The zero-order valence-electron chi connectivity index (χ0n) is 9.66. The molecule has 0 N–H and O–H groups in total. The van der Waals surface area contributed by atoms with Crippen molar-refractivity contribution in [3.63, 3.8) is 0 Å². The van der Waals surface area contributed by atoms with Gasteiger partial charge in [-0.05, 0) is 26.3 Å². The molecule has 0 aliphatic rings. The second-order valence-corrected chi connectivity index (χ2v) is 3.73. The average Bonchev–Trinajstić information content (AvgIpc) is 2.59. The second kappa shape index (κ2) is 4.00. The molecular weight excluding hydrogens is 204 g/mol. The maximum absolute atomic E-state index is 11.6. The van der Waals surface area contributed by atoms with E-state index in [0.717, 1.165) is 22.1 Å². The van der Waals surface area contributed by atoms with Gasteiger partial charge in [-0.15, -0.1) is 0 Å². The van der Waals surface area contributed by atoms with Gasteiger partial charge in [0.15, 0.2) is 0 Å². The molecule has 1 aromatic heterocycles. The molecule has 3 heteroatoms. The maximum atomic E-state index is 11.6. The van der Waals surface area contributed by atoms with Gasteiger partial charge in [0.05, 0.1) is 6.61 Å². The lowest BCUT2D eigenvalue weighted by molar-refractivity contribution is 0.0491. The summed E-state index contributed by atoms with van der Waals surface area (Å²) in [4.78, 5) is 11.6. The minimum atomic E-state index is -0.393. The van der Waals surface area contributed by atoms with E-state index in [1.807, 2.05) is 32.0 Å². The highest BCUT2D eigenvalue weighted by Crippen LogP contribution is 2.27. The number of esters is 1. The molecule has 0 saturated carbocycles. The molecule has 2 rings (SSSR count). The van der Waals surface area contributed by atoms with Crippen molar-refractivity contribution in [3.8, 4) is 0 Å². The Hall–Kier alpha value is -1.77. The summed E-state index contributed by atoms with van der Waals surface area (Å²) in [5.74, 6) is -0.0817. The van der Waals surface area contributed by atoms with Crippen LogP contribution in [0, 0.1) is 13.8 Å². The number of benzene rings is 1. The molecule has 1 heterocycles. The van der Waals surface area contributed by atoms with Crippen LogP contribution in [-0.2, 0) is 4.74 Å². The van der Waals surface area contributed by atoms with Crippen molar-refractivity contribution >= 4 is 16.9 Å². The fraction of sp³-hybridized carbons (Fsp3) is 0.308. The minimum absolute atomic E-state index is 0.311. The van der Waals surface area contributed by atoms with Gasteiger partial charge in [0.2, 0.25) is 5.76 Å². The quantitative estimate of drug-likeness (QED) is 0.726. The summed E-state index contributed by atoms with van der Waals surface area (Å²) in [6, 6.07) is 5.86. The first kappa shape index (κ1) is 10.7. The van der Waals surface area contributed by atoms with Gasteiger partial charge in [0, 0.05) is 10.9 Å². The minimum Gasteiger partial charge on any atom is -0.460 e. The first-order valence-corrected chi connectivity index (χ1v) is 5.31. The Bertz CT molecular complexity index is 537. The Labute approximate surface area is 94.0 Å². The standard InChI is InChI=1S/C13H14O3/c1-4-15-13(14)12-9(3)10-7-5-6-8(2)11(10)16-12/h5-7H,4H2,1-3H3. The normalized spacial score (nSPS) is 10.7. The lowest BCUT2D eigenvalue weighted by Crippen LogP contribution is -2.04. The molecule has 0 atom stereocenters. The van der Waals surface area contributed by atoms with E-state index >= 15 is 0 Å². The van der Waals surface area contributed by atoms with Crippen molar-refractivity contribution < 1.29 is 13.9 Å². The summed E-state index contributed by atoms with van der Waals surface area (Å²) in [5, 5.41) is 0.975. The summed E-state index contributed by atoms with van der Waals surface area (Å²) < 4.78 is 10.5. The number of fused-ring (bicyclic) bond motifs is 1. The molecule has 0 unspecified atom stereocenters. The van der Waals surface area contributed by atoms with Gasteiger partial charge in [-0.25, -0.2) is 4.79 Å². The molecule has 3 nitrogen and oxygen atoms in total. The number of carbonyl (C=O) groups excluding carboxylic acids is 1. The van der Waals surface area contributed by atoms with Crippen molar-refractivity contribution in [1.82, 2.24) is 0 Å². The van der Waals surface area contributed by atoms with Crippen LogP contribution >= 0.6 is 0 Å². The molecule has 16 heavy (non-hydrogen) atoms. The molecule has 0 spiro atoms. The van der Waals surface area contributed by atoms with Crippen LogP contribution in [0.15, 0.2) is 22.6 Å². The fourth-order valence-corrected chi connectivity index (χ4v) is 1.78. The first-order chi connectivity index (χ1) is 7.65. The highest BCUT2D eigenvalue weighted by atomic mass is 16.5. The van der Waals surface area contributed by atoms with E-state index in [1.165, 1.54) is 0 Å². The van der Waals surface area contributed by atoms with Crippen LogP contribution in [0.25, 0.3) is 11.0 Å². The SMILES string of the molecule is CCOC(=O)c1oc2c(C)cccc2c1C. The van der Waals surface area contributed by atoms with E-state index < -0.39 is 5.97 Å². The number of ether oxygens (including phenoxy) is 1. The first-order valence-electron chi connectivity index (χ1n) is 5.31. The zero-order chi connectivity index (χ0) is 11.7. The van der Waals surface area contributed by atoms with E-state index in [-0.39, 0.29) is 0 Å². The Morgan fingerprint density at radius 3 is 2.75 bits per heavy atom.